The highest BCUT2D eigenvalue weighted by Gasteiger charge is 2.43. The van der Waals surface area contributed by atoms with Gasteiger partial charge in [-0.2, -0.15) is 0 Å². The highest BCUT2D eigenvalue weighted by molar-refractivity contribution is 5.77. The maximum absolute atomic E-state index is 12.5. The Kier molecular flexibility index (Phi) is 4.52. The lowest BCUT2D eigenvalue weighted by Gasteiger charge is -2.47. The van der Waals surface area contributed by atoms with Crippen LogP contribution >= 0.6 is 0 Å². The van der Waals surface area contributed by atoms with Crippen LogP contribution in [0.3, 0.4) is 0 Å². The fraction of sp³-hybridized carbons (Fsp3) is 0.579. The van der Waals surface area contributed by atoms with Crippen LogP contribution in [-0.2, 0) is 10.2 Å². The minimum atomic E-state index is -0.806. The molecule has 2 unspecified atom stereocenters. The Morgan fingerprint density at radius 3 is 2.50 bits per heavy atom. The van der Waals surface area contributed by atoms with Crippen molar-refractivity contribution in [3.63, 3.8) is 0 Å². The third kappa shape index (κ3) is 3.40. The quantitative estimate of drug-likeness (QED) is 0.895. The molecule has 2 amide bonds. The zero-order valence-electron chi connectivity index (χ0n) is 14.4. The number of benzene rings is 1. The molecular formula is C19H26N2O3. The van der Waals surface area contributed by atoms with Crippen LogP contribution in [0.5, 0.6) is 0 Å². The van der Waals surface area contributed by atoms with E-state index in [9.17, 15) is 14.7 Å². The number of urea groups is 1. The number of carbonyl (C=O) groups is 2. The molecule has 0 bridgehead atoms. The minimum Gasteiger partial charge on any atom is -0.481 e. The number of carboxylic acid groups (broad SMARTS) is 1. The van der Waals surface area contributed by atoms with Gasteiger partial charge in [-0.3, -0.25) is 4.79 Å². The van der Waals surface area contributed by atoms with Crippen LogP contribution in [0, 0.1) is 11.8 Å². The molecule has 1 saturated heterocycles. The number of rotatable bonds is 3. The topological polar surface area (TPSA) is 69.6 Å². The van der Waals surface area contributed by atoms with E-state index in [1.54, 1.807) is 4.90 Å². The Hall–Kier alpha value is -2.04. The number of carbonyl (C=O) groups excluding carboxylic acids is 1. The van der Waals surface area contributed by atoms with Crippen LogP contribution in [0.4, 0.5) is 4.79 Å². The average Bonchev–Trinajstić information content (AvgIpc) is 2.53. The Morgan fingerprint density at radius 1 is 1.21 bits per heavy atom. The lowest BCUT2D eigenvalue weighted by atomic mass is 9.63. The fourth-order valence-corrected chi connectivity index (χ4v) is 4.17. The second-order valence-corrected chi connectivity index (χ2v) is 7.76. The van der Waals surface area contributed by atoms with Crippen molar-refractivity contribution >= 4 is 12.0 Å². The molecule has 5 nitrogen and oxygen atoms in total. The summed E-state index contributed by atoms with van der Waals surface area (Å²) in [6.07, 6.45) is 2.50. The molecule has 5 heteroatoms. The van der Waals surface area contributed by atoms with Crippen LogP contribution in [0.1, 0.15) is 38.7 Å². The summed E-state index contributed by atoms with van der Waals surface area (Å²) in [5, 5.41) is 12.3. The normalized spacial score (nSPS) is 32.8. The summed E-state index contributed by atoms with van der Waals surface area (Å²) in [5.41, 5.74) is 1.44. The van der Waals surface area contributed by atoms with Gasteiger partial charge in [0, 0.05) is 19.1 Å². The highest BCUT2D eigenvalue weighted by atomic mass is 16.4. The van der Waals surface area contributed by atoms with Crippen LogP contribution < -0.4 is 5.32 Å². The standard InChI is InChI=1S/C19H26N2O3/c1-13-8-14(17(22)23)12-21(11-13)18(24)20-16-9-19(2,10-16)15-6-4-3-5-7-15/h3-7,13-14,16H,8-12H2,1-2H3,(H,20,24)(H,22,23). The molecule has 0 spiro atoms. The maximum atomic E-state index is 12.5. The van der Waals surface area contributed by atoms with Gasteiger partial charge in [0.05, 0.1) is 5.92 Å². The van der Waals surface area contributed by atoms with Crippen molar-refractivity contribution in [3.8, 4) is 0 Å². The molecule has 2 aliphatic rings. The molecular weight excluding hydrogens is 304 g/mol. The summed E-state index contributed by atoms with van der Waals surface area (Å²) in [7, 11) is 0. The van der Waals surface area contributed by atoms with Crippen molar-refractivity contribution in [2.45, 2.75) is 44.6 Å². The van der Waals surface area contributed by atoms with Crippen LogP contribution in [-0.4, -0.2) is 41.1 Å². The molecule has 1 aromatic rings. The third-order valence-electron chi connectivity index (χ3n) is 5.49. The van der Waals surface area contributed by atoms with E-state index in [1.165, 1.54) is 5.56 Å². The van der Waals surface area contributed by atoms with Crippen LogP contribution in [0.15, 0.2) is 30.3 Å². The minimum absolute atomic E-state index is 0.118. The Labute approximate surface area is 143 Å². The number of hydrogen-bond acceptors (Lipinski definition) is 2. The third-order valence-corrected chi connectivity index (χ3v) is 5.49. The van der Waals surface area contributed by atoms with Crippen molar-refractivity contribution < 1.29 is 14.7 Å². The van der Waals surface area contributed by atoms with Gasteiger partial charge in [0.25, 0.3) is 0 Å². The molecule has 1 heterocycles. The monoisotopic (exact) mass is 330 g/mol. The van der Waals surface area contributed by atoms with Gasteiger partial charge in [0.1, 0.15) is 0 Å². The first-order chi connectivity index (χ1) is 11.4. The van der Waals surface area contributed by atoms with E-state index in [0.29, 0.717) is 19.5 Å². The summed E-state index contributed by atoms with van der Waals surface area (Å²) in [6, 6.07) is 10.4. The van der Waals surface area contributed by atoms with Crippen LogP contribution in [0.2, 0.25) is 0 Å². The molecule has 130 valence electrons. The molecule has 1 aliphatic heterocycles. The number of amides is 2. The largest absolute Gasteiger partial charge is 0.481 e. The molecule has 1 aliphatic carbocycles. The van der Waals surface area contributed by atoms with E-state index in [0.717, 1.165) is 12.8 Å². The molecule has 1 aromatic carbocycles. The van der Waals surface area contributed by atoms with Crippen molar-refractivity contribution in [1.82, 2.24) is 10.2 Å². The molecule has 0 aromatic heterocycles. The lowest BCUT2D eigenvalue weighted by molar-refractivity contribution is -0.143. The van der Waals surface area contributed by atoms with Crippen molar-refractivity contribution in [2.24, 2.45) is 11.8 Å². The Morgan fingerprint density at radius 2 is 1.88 bits per heavy atom. The number of likely N-dealkylation sites (tertiary alicyclic amines) is 1. The van der Waals surface area contributed by atoms with Gasteiger partial charge in [0.2, 0.25) is 0 Å². The van der Waals surface area contributed by atoms with E-state index < -0.39 is 11.9 Å². The number of hydrogen-bond donors (Lipinski definition) is 2. The van der Waals surface area contributed by atoms with E-state index in [2.05, 4.69) is 24.4 Å². The summed E-state index contributed by atoms with van der Waals surface area (Å²) in [4.78, 5) is 25.4. The second kappa shape index (κ2) is 6.46. The van der Waals surface area contributed by atoms with Gasteiger partial charge >= 0.3 is 12.0 Å². The number of nitrogens with zero attached hydrogens (tertiary/aromatic N) is 1. The maximum Gasteiger partial charge on any atom is 0.317 e. The van der Waals surface area contributed by atoms with E-state index in [1.807, 2.05) is 25.1 Å². The van der Waals surface area contributed by atoms with Gasteiger partial charge in [-0.1, -0.05) is 44.2 Å². The predicted octanol–water partition coefficient (Wildman–Crippen LogP) is 2.86. The van der Waals surface area contributed by atoms with Crippen LogP contribution in [0.25, 0.3) is 0 Å². The van der Waals surface area contributed by atoms with Gasteiger partial charge in [-0.05, 0) is 36.2 Å². The zero-order chi connectivity index (χ0) is 17.3. The summed E-state index contributed by atoms with van der Waals surface area (Å²) in [6.45, 7) is 5.19. The molecule has 1 saturated carbocycles. The van der Waals surface area contributed by atoms with Crippen molar-refractivity contribution in [1.29, 1.82) is 0 Å². The molecule has 2 atom stereocenters. The lowest BCUT2D eigenvalue weighted by Crippen LogP contribution is -2.57. The average molecular weight is 330 g/mol. The summed E-state index contributed by atoms with van der Waals surface area (Å²) < 4.78 is 0. The van der Waals surface area contributed by atoms with E-state index in [4.69, 9.17) is 0 Å². The van der Waals surface area contributed by atoms with Gasteiger partial charge in [-0.25, -0.2) is 4.79 Å². The molecule has 24 heavy (non-hydrogen) atoms. The highest BCUT2D eigenvalue weighted by Crippen LogP contribution is 2.43. The molecule has 2 fully saturated rings. The van der Waals surface area contributed by atoms with Gasteiger partial charge < -0.3 is 15.3 Å². The molecule has 3 rings (SSSR count). The van der Waals surface area contributed by atoms with Gasteiger partial charge in [-0.15, -0.1) is 0 Å². The smallest absolute Gasteiger partial charge is 0.317 e. The summed E-state index contributed by atoms with van der Waals surface area (Å²) in [5.74, 6) is -1.03. The predicted molar refractivity (Wildman–Crippen MR) is 91.8 cm³/mol. The first-order valence-corrected chi connectivity index (χ1v) is 8.71. The summed E-state index contributed by atoms with van der Waals surface area (Å²) >= 11 is 0. The first-order valence-electron chi connectivity index (χ1n) is 8.71. The molecule has 0 radical (unpaired) electrons. The fourth-order valence-electron chi connectivity index (χ4n) is 4.17. The SMILES string of the molecule is CC1CC(C(=O)O)CN(C(=O)NC2CC(C)(c3ccccc3)C2)C1. The Bertz CT molecular complexity index is 610. The van der Waals surface area contributed by atoms with Gasteiger partial charge in [0.15, 0.2) is 0 Å². The second-order valence-electron chi connectivity index (χ2n) is 7.76. The van der Waals surface area contributed by atoms with Crippen molar-refractivity contribution in [3.05, 3.63) is 35.9 Å². The Balaban J connectivity index is 1.54. The van der Waals surface area contributed by atoms with E-state index >= 15 is 0 Å². The number of piperidine rings is 1. The number of aliphatic carboxylic acids is 1. The van der Waals surface area contributed by atoms with E-state index in [-0.39, 0.29) is 23.4 Å². The number of nitrogens with one attached hydrogen (secondary N) is 1. The zero-order valence-corrected chi connectivity index (χ0v) is 14.4. The first kappa shape index (κ1) is 16.8. The molecule has 2 N–H and O–H groups in total. The number of carboxylic acids is 1. The van der Waals surface area contributed by atoms with Crippen molar-refractivity contribution in [2.75, 3.05) is 13.1 Å².